The minimum Gasteiger partial charge on any atom is -0.497 e. The molecule has 1 saturated heterocycles. The fraction of sp³-hybridized carbons (Fsp3) is 0.600. The monoisotopic (exact) mass is 312 g/mol. The largest absolute Gasteiger partial charge is 0.497 e. The van der Waals surface area contributed by atoms with E-state index >= 15 is 0 Å². The van der Waals surface area contributed by atoms with Gasteiger partial charge in [-0.05, 0) is 57.0 Å². The van der Waals surface area contributed by atoms with Gasteiger partial charge < -0.3 is 10.1 Å². The molecule has 0 radical (unpaired) electrons. The van der Waals surface area contributed by atoms with Gasteiger partial charge in [-0.2, -0.15) is 4.31 Å². The van der Waals surface area contributed by atoms with E-state index in [2.05, 4.69) is 5.32 Å². The van der Waals surface area contributed by atoms with E-state index < -0.39 is 10.0 Å². The average molecular weight is 312 g/mol. The molecule has 0 aromatic heterocycles. The molecule has 1 aliphatic rings. The van der Waals surface area contributed by atoms with E-state index in [0.29, 0.717) is 23.7 Å². The van der Waals surface area contributed by atoms with Crippen molar-refractivity contribution in [3.05, 3.63) is 23.3 Å². The highest BCUT2D eigenvalue weighted by Crippen LogP contribution is 2.29. The van der Waals surface area contributed by atoms with Crippen molar-refractivity contribution in [3.8, 4) is 5.75 Å². The van der Waals surface area contributed by atoms with Gasteiger partial charge in [0, 0.05) is 19.1 Å². The first-order valence-corrected chi connectivity index (χ1v) is 8.66. The summed E-state index contributed by atoms with van der Waals surface area (Å²) in [4.78, 5) is 0.417. The molecule has 118 valence electrons. The fourth-order valence-electron chi connectivity index (χ4n) is 2.96. The number of ether oxygens (including phenoxy) is 1. The molecule has 1 aromatic rings. The Morgan fingerprint density at radius 1 is 1.29 bits per heavy atom. The third-order valence-electron chi connectivity index (χ3n) is 4.06. The average Bonchev–Trinajstić information content (AvgIpc) is 2.46. The van der Waals surface area contributed by atoms with Gasteiger partial charge in [0.1, 0.15) is 5.75 Å². The summed E-state index contributed by atoms with van der Waals surface area (Å²) in [7, 11) is 0.0139. The van der Waals surface area contributed by atoms with Crippen LogP contribution in [0.3, 0.4) is 0 Å². The zero-order chi connectivity index (χ0) is 15.6. The lowest BCUT2D eigenvalue weighted by Gasteiger charge is -2.32. The molecule has 1 aliphatic heterocycles. The summed E-state index contributed by atoms with van der Waals surface area (Å²) in [6.45, 7) is 4.76. The number of nitrogens with one attached hydrogen (secondary N) is 1. The third-order valence-corrected chi connectivity index (χ3v) is 6.23. The van der Waals surface area contributed by atoms with Gasteiger partial charge in [-0.1, -0.05) is 0 Å². The minimum absolute atomic E-state index is 0.229. The molecule has 0 spiro atoms. The molecule has 1 atom stereocenters. The maximum absolute atomic E-state index is 12.9. The summed E-state index contributed by atoms with van der Waals surface area (Å²) in [5.74, 6) is 0.690. The predicted octanol–water partition coefficient (Wildman–Crippen LogP) is 1.68. The van der Waals surface area contributed by atoms with Crippen LogP contribution >= 0.6 is 0 Å². The molecule has 5 nitrogen and oxygen atoms in total. The summed E-state index contributed by atoms with van der Waals surface area (Å²) >= 11 is 0. The Morgan fingerprint density at radius 3 is 2.43 bits per heavy atom. The second kappa shape index (κ2) is 6.34. The van der Waals surface area contributed by atoms with Crippen molar-refractivity contribution < 1.29 is 13.2 Å². The molecule has 0 saturated carbocycles. The second-order valence-corrected chi connectivity index (χ2v) is 7.46. The quantitative estimate of drug-likeness (QED) is 0.919. The molecule has 0 bridgehead atoms. The lowest BCUT2D eigenvalue weighted by atomic mass is 10.1. The number of likely N-dealkylation sites (N-methyl/N-ethyl adjacent to an activating group) is 1. The van der Waals surface area contributed by atoms with Crippen molar-refractivity contribution in [2.45, 2.75) is 37.6 Å². The molecular formula is C15H24N2O3S. The molecule has 0 amide bonds. The number of methoxy groups -OCH3 is 1. The molecule has 1 aromatic carbocycles. The van der Waals surface area contributed by atoms with Crippen molar-refractivity contribution in [2.24, 2.45) is 0 Å². The van der Waals surface area contributed by atoms with Gasteiger partial charge in [-0.3, -0.25) is 0 Å². The van der Waals surface area contributed by atoms with Gasteiger partial charge in [0.25, 0.3) is 0 Å². The number of aryl methyl sites for hydroxylation is 2. The lowest BCUT2D eigenvalue weighted by molar-refractivity contribution is 0.292. The maximum atomic E-state index is 12.9. The highest BCUT2D eigenvalue weighted by atomic mass is 32.2. The third kappa shape index (κ3) is 3.22. The van der Waals surface area contributed by atoms with Crippen molar-refractivity contribution in [1.29, 1.82) is 0 Å². The number of piperidine rings is 1. The standard InChI is InChI=1S/C15H24N2O3S/c1-11-8-14(20-4)9-12(2)15(11)21(18,19)17-7-5-6-13(10-17)16-3/h8-9,13,16H,5-7,10H2,1-4H3/t13-/m1/s1. The molecule has 21 heavy (non-hydrogen) atoms. The number of hydrogen-bond acceptors (Lipinski definition) is 4. The van der Waals surface area contributed by atoms with Crippen LogP contribution in [0.5, 0.6) is 5.75 Å². The minimum atomic E-state index is -3.45. The van der Waals surface area contributed by atoms with Gasteiger partial charge in [-0.15, -0.1) is 0 Å². The van der Waals surface area contributed by atoms with E-state index in [-0.39, 0.29) is 6.04 Å². The van der Waals surface area contributed by atoms with Crippen LogP contribution in [0.2, 0.25) is 0 Å². The Bertz CT molecular complexity index is 590. The number of hydrogen-bond donors (Lipinski definition) is 1. The predicted molar refractivity (Wildman–Crippen MR) is 83.3 cm³/mol. The van der Waals surface area contributed by atoms with Crippen LogP contribution in [0.1, 0.15) is 24.0 Å². The molecule has 6 heteroatoms. The number of benzene rings is 1. The zero-order valence-corrected chi connectivity index (χ0v) is 14.0. The van der Waals surface area contributed by atoms with Crippen molar-refractivity contribution >= 4 is 10.0 Å². The summed E-state index contributed by atoms with van der Waals surface area (Å²) in [5, 5.41) is 3.18. The molecule has 2 rings (SSSR count). The Kier molecular flexibility index (Phi) is 4.91. The number of sulfonamides is 1. The first-order valence-electron chi connectivity index (χ1n) is 7.22. The summed E-state index contributed by atoms with van der Waals surface area (Å²) in [6, 6.07) is 3.78. The van der Waals surface area contributed by atoms with Crippen LogP contribution in [0.4, 0.5) is 0 Å². The van der Waals surface area contributed by atoms with Crippen molar-refractivity contribution in [3.63, 3.8) is 0 Å². The van der Waals surface area contributed by atoms with Gasteiger partial charge in [0.05, 0.1) is 12.0 Å². The van der Waals surface area contributed by atoms with E-state index in [4.69, 9.17) is 4.74 Å². The van der Waals surface area contributed by atoms with Crippen LogP contribution in [0.15, 0.2) is 17.0 Å². The van der Waals surface area contributed by atoms with Crippen LogP contribution in [-0.4, -0.2) is 46.0 Å². The Morgan fingerprint density at radius 2 is 1.90 bits per heavy atom. The first-order chi connectivity index (χ1) is 9.90. The number of rotatable bonds is 4. The van der Waals surface area contributed by atoms with Gasteiger partial charge in [0.15, 0.2) is 0 Å². The van der Waals surface area contributed by atoms with Crippen molar-refractivity contribution in [2.75, 3.05) is 27.2 Å². The van der Waals surface area contributed by atoms with E-state index in [9.17, 15) is 8.42 Å². The topological polar surface area (TPSA) is 58.6 Å². The molecule has 1 fully saturated rings. The van der Waals surface area contributed by atoms with Gasteiger partial charge in [0.2, 0.25) is 10.0 Å². The molecule has 1 N–H and O–H groups in total. The number of nitrogens with zero attached hydrogens (tertiary/aromatic N) is 1. The smallest absolute Gasteiger partial charge is 0.243 e. The maximum Gasteiger partial charge on any atom is 0.243 e. The van der Waals surface area contributed by atoms with Gasteiger partial charge in [-0.25, -0.2) is 8.42 Å². The summed E-state index contributed by atoms with van der Waals surface area (Å²) in [5.41, 5.74) is 1.47. The highest BCUT2D eigenvalue weighted by molar-refractivity contribution is 7.89. The van der Waals surface area contributed by atoms with E-state index in [0.717, 1.165) is 24.0 Å². The molecule has 0 aliphatic carbocycles. The fourth-order valence-corrected chi connectivity index (χ4v) is 4.90. The van der Waals surface area contributed by atoms with Crippen LogP contribution < -0.4 is 10.1 Å². The van der Waals surface area contributed by atoms with Crippen LogP contribution in [-0.2, 0) is 10.0 Å². The SMILES string of the molecule is CN[C@@H]1CCCN(S(=O)(=O)c2c(C)cc(OC)cc2C)C1. The van der Waals surface area contributed by atoms with E-state index in [1.54, 1.807) is 23.5 Å². The van der Waals surface area contributed by atoms with E-state index in [1.165, 1.54) is 0 Å². The van der Waals surface area contributed by atoms with E-state index in [1.807, 2.05) is 20.9 Å². The van der Waals surface area contributed by atoms with Crippen molar-refractivity contribution in [1.82, 2.24) is 9.62 Å². The van der Waals surface area contributed by atoms with Crippen LogP contribution in [0.25, 0.3) is 0 Å². The second-order valence-electron chi connectivity index (χ2n) is 5.58. The molecule has 0 unspecified atom stereocenters. The lowest BCUT2D eigenvalue weighted by Crippen LogP contribution is -2.47. The highest BCUT2D eigenvalue weighted by Gasteiger charge is 2.31. The molecular weight excluding hydrogens is 288 g/mol. The molecule has 1 heterocycles. The van der Waals surface area contributed by atoms with Gasteiger partial charge >= 0.3 is 0 Å². The normalized spacial score (nSPS) is 20.5. The summed E-state index contributed by atoms with van der Waals surface area (Å²) in [6.07, 6.45) is 1.90. The zero-order valence-electron chi connectivity index (χ0n) is 13.1. The Hall–Kier alpha value is -1.11. The van der Waals surface area contributed by atoms with Crippen LogP contribution in [0, 0.1) is 13.8 Å². The Labute approximate surface area is 127 Å². The summed E-state index contributed by atoms with van der Waals surface area (Å²) < 4.78 is 32.7. The first kappa shape index (κ1) is 16.3. The Balaban J connectivity index is 2.40.